The molecule has 0 amide bonds. The molecule has 0 bridgehead atoms. The summed E-state index contributed by atoms with van der Waals surface area (Å²) in [4.78, 5) is 10.8. The van der Waals surface area contributed by atoms with Crippen LogP contribution in [0.5, 0.6) is 0 Å². The molecule has 0 spiro atoms. The second kappa shape index (κ2) is 4.99. The van der Waals surface area contributed by atoms with Crippen molar-refractivity contribution in [2.75, 3.05) is 0 Å². The lowest BCUT2D eigenvalue weighted by molar-refractivity contribution is -0.140. The number of alkyl halides is 3. The van der Waals surface area contributed by atoms with Crippen molar-refractivity contribution in [1.29, 1.82) is 0 Å². The van der Waals surface area contributed by atoms with Gasteiger partial charge in [0.05, 0.1) is 11.8 Å². The van der Waals surface area contributed by atoms with E-state index >= 15 is 0 Å². The van der Waals surface area contributed by atoms with Gasteiger partial charge < -0.3 is 5.11 Å². The van der Waals surface area contributed by atoms with Crippen LogP contribution in [0.1, 0.15) is 18.5 Å². The molecule has 0 radical (unpaired) electrons. The molecule has 0 aliphatic heterocycles. The topological polar surface area (TPSA) is 55.1 Å². The fraction of sp³-hybridized carbons (Fsp3) is 0.231. The Hall–Kier alpha value is -2.31. The van der Waals surface area contributed by atoms with Crippen LogP contribution in [0, 0.1) is 0 Å². The van der Waals surface area contributed by atoms with Crippen molar-refractivity contribution >= 4 is 5.97 Å². The third-order valence-corrected chi connectivity index (χ3v) is 2.88. The summed E-state index contributed by atoms with van der Waals surface area (Å²) in [7, 11) is 0. The van der Waals surface area contributed by atoms with Gasteiger partial charge in [0.2, 0.25) is 0 Å². The molecule has 0 aliphatic rings. The predicted molar refractivity (Wildman–Crippen MR) is 65.0 cm³/mol. The lowest BCUT2D eigenvalue weighted by atomic mass is 10.1. The fourth-order valence-corrected chi connectivity index (χ4v) is 1.69. The van der Waals surface area contributed by atoms with Gasteiger partial charge in [0.1, 0.15) is 6.04 Å². The van der Waals surface area contributed by atoms with Crippen molar-refractivity contribution in [3.8, 4) is 11.1 Å². The van der Waals surface area contributed by atoms with Crippen molar-refractivity contribution in [2.24, 2.45) is 0 Å². The molecule has 0 aliphatic carbocycles. The molecule has 0 saturated carbocycles. The van der Waals surface area contributed by atoms with Gasteiger partial charge in [-0.15, -0.1) is 0 Å². The number of aromatic nitrogens is 2. The van der Waals surface area contributed by atoms with Crippen LogP contribution in [0.15, 0.2) is 36.7 Å². The highest BCUT2D eigenvalue weighted by atomic mass is 19.4. The molecule has 0 fully saturated rings. The molecule has 4 nitrogen and oxygen atoms in total. The van der Waals surface area contributed by atoms with E-state index in [1.54, 1.807) is 0 Å². The van der Waals surface area contributed by atoms with E-state index in [9.17, 15) is 18.0 Å². The van der Waals surface area contributed by atoms with E-state index in [2.05, 4.69) is 5.10 Å². The zero-order valence-electron chi connectivity index (χ0n) is 10.4. The zero-order valence-corrected chi connectivity index (χ0v) is 10.4. The Morgan fingerprint density at radius 2 is 2.05 bits per heavy atom. The van der Waals surface area contributed by atoms with Gasteiger partial charge in [0.25, 0.3) is 0 Å². The first-order valence-corrected chi connectivity index (χ1v) is 5.73. The standard InChI is InChI=1S/C13H11F3N2O2/c1-8(12(19)20)18-7-10(6-17-18)9-3-2-4-11(5-9)13(14,15)16/h2-8H,1H3,(H,19,20)/t8-/m0/s1. The number of carboxylic acid groups (broad SMARTS) is 1. The van der Waals surface area contributed by atoms with Crippen LogP contribution in [0.4, 0.5) is 13.2 Å². The molecule has 1 atom stereocenters. The first-order chi connectivity index (χ1) is 9.29. The quantitative estimate of drug-likeness (QED) is 0.941. The number of rotatable bonds is 3. The smallest absolute Gasteiger partial charge is 0.416 e. The Morgan fingerprint density at radius 1 is 1.35 bits per heavy atom. The predicted octanol–water partition coefficient (Wildman–Crippen LogP) is 3.21. The monoisotopic (exact) mass is 284 g/mol. The number of nitrogens with zero attached hydrogens (tertiary/aromatic N) is 2. The molecular formula is C13H11F3N2O2. The third-order valence-electron chi connectivity index (χ3n) is 2.88. The molecular weight excluding hydrogens is 273 g/mol. The summed E-state index contributed by atoms with van der Waals surface area (Å²) in [6.45, 7) is 1.44. The van der Waals surface area contributed by atoms with Crippen molar-refractivity contribution in [3.63, 3.8) is 0 Å². The van der Waals surface area contributed by atoms with Crippen LogP contribution in [-0.2, 0) is 11.0 Å². The summed E-state index contributed by atoms with van der Waals surface area (Å²) in [5, 5.41) is 12.7. The zero-order chi connectivity index (χ0) is 14.9. The fourth-order valence-electron chi connectivity index (χ4n) is 1.69. The lowest BCUT2D eigenvalue weighted by Crippen LogP contribution is -2.15. The summed E-state index contributed by atoms with van der Waals surface area (Å²) in [6.07, 6.45) is -1.66. The van der Waals surface area contributed by atoms with Crippen molar-refractivity contribution < 1.29 is 23.1 Å². The molecule has 1 aromatic heterocycles. The number of carbonyl (C=O) groups is 1. The third kappa shape index (κ3) is 2.81. The summed E-state index contributed by atoms with van der Waals surface area (Å²) in [6, 6.07) is 3.92. The Kier molecular flexibility index (Phi) is 3.52. The molecule has 106 valence electrons. The SMILES string of the molecule is C[C@@H](C(=O)O)n1cc(-c2cccc(C(F)(F)F)c2)cn1. The van der Waals surface area contributed by atoms with Gasteiger partial charge in [-0.3, -0.25) is 4.68 Å². The lowest BCUT2D eigenvalue weighted by Gasteiger charge is -2.08. The average molecular weight is 284 g/mol. The Labute approximate surface area is 112 Å². The second-order valence-electron chi connectivity index (χ2n) is 4.30. The second-order valence-corrected chi connectivity index (χ2v) is 4.30. The molecule has 7 heteroatoms. The number of hydrogen-bond acceptors (Lipinski definition) is 2. The summed E-state index contributed by atoms with van der Waals surface area (Å²) in [5.74, 6) is -1.07. The number of hydrogen-bond donors (Lipinski definition) is 1. The highest BCUT2D eigenvalue weighted by Crippen LogP contribution is 2.32. The molecule has 20 heavy (non-hydrogen) atoms. The largest absolute Gasteiger partial charge is 0.480 e. The van der Waals surface area contributed by atoms with Crippen molar-refractivity contribution in [2.45, 2.75) is 19.1 Å². The van der Waals surface area contributed by atoms with Gasteiger partial charge in [-0.1, -0.05) is 12.1 Å². The highest BCUT2D eigenvalue weighted by Gasteiger charge is 2.30. The maximum atomic E-state index is 12.6. The Morgan fingerprint density at radius 3 is 2.65 bits per heavy atom. The van der Waals surface area contributed by atoms with Gasteiger partial charge in [-0.2, -0.15) is 18.3 Å². The number of carboxylic acids is 1. The van der Waals surface area contributed by atoms with Crippen LogP contribution < -0.4 is 0 Å². The minimum atomic E-state index is -4.42. The minimum absolute atomic E-state index is 0.337. The van der Waals surface area contributed by atoms with E-state index in [1.165, 1.54) is 36.1 Å². The van der Waals surface area contributed by atoms with E-state index in [1.807, 2.05) is 0 Å². The highest BCUT2D eigenvalue weighted by molar-refractivity contribution is 5.71. The first kappa shape index (κ1) is 14.1. The van der Waals surface area contributed by atoms with Crippen LogP contribution in [-0.4, -0.2) is 20.9 Å². The van der Waals surface area contributed by atoms with Gasteiger partial charge in [-0.25, -0.2) is 4.79 Å². The summed E-state index contributed by atoms with van der Waals surface area (Å²) in [5.41, 5.74) is 0.0156. The van der Waals surface area contributed by atoms with E-state index in [0.29, 0.717) is 11.1 Å². The van der Waals surface area contributed by atoms with E-state index in [0.717, 1.165) is 12.1 Å². The van der Waals surface area contributed by atoms with Gasteiger partial charge in [0.15, 0.2) is 0 Å². The molecule has 1 aromatic carbocycles. The van der Waals surface area contributed by atoms with Crippen molar-refractivity contribution in [3.05, 3.63) is 42.2 Å². The van der Waals surface area contributed by atoms with Crippen LogP contribution in [0.3, 0.4) is 0 Å². The Balaban J connectivity index is 2.36. The Bertz CT molecular complexity index is 635. The van der Waals surface area contributed by atoms with E-state index in [4.69, 9.17) is 5.11 Å². The van der Waals surface area contributed by atoms with Gasteiger partial charge in [-0.05, 0) is 24.6 Å². The van der Waals surface area contributed by atoms with E-state index < -0.39 is 23.8 Å². The van der Waals surface area contributed by atoms with Gasteiger partial charge >= 0.3 is 12.1 Å². The molecule has 2 rings (SSSR count). The number of aliphatic carboxylic acids is 1. The molecule has 0 saturated heterocycles. The molecule has 1 N–H and O–H groups in total. The molecule has 2 aromatic rings. The average Bonchev–Trinajstić information content (AvgIpc) is 2.86. The molecule has 0 unspecified atom stereocenters. The van der Waals surface area contributed by atoms with Crippen LogP contribution >= 0.6 is 0 Å². The van der Waals surface area contributed by atoms with Crippen LogP contribution in [0.25, 0.3) is 11.1 Å². The summed E-state index contributed by atoms with van der Waals surface area (Å²) >= 11 is 0. The summed E-state index contributed by atoms with van der Waals surface area (Å²) < 4.78 is 39.1. The number of benzene rings is 1. The minimum Gasteiger partial charge on any atom is -0.480 e. The maximum absolute atomic E-state index is 12.6. The molecule has 1 heterocycles. The van der Waals surface area contributed by atoms with E-state index in [-0.39, 0.29) is 0 Å². The number of halogens is 3. The van der Waals surface area contributed by atoms with Crippen LogP contribution in [0.2, 0.25) is 0 Å². The first-order valence-electron chi connectivity index (χ1n) is 5.73. The normalized spacial score (nSPS) is 13.2. The van der Waals surface area contributed by atoms with Gasteiger partial charge in [0, 0.05) is 11.8 Å². The maximum Gasteiger partial charge on any atom is 0.416 e. The van der Waals surface area contributed by atoms with Crippen molar-refractivity contribution in [1.82, 2.24) is 9.78 Å².